The Morgan fingerprint density at radius 1 is 0.970 bits per heavy atom. The number of carbonyl (C=O) groups excluding carboxylic acids is 2. The number of nitrogens with zero attached hydrogens (tertiary/aromatic N) is 2. The average Bonchev–Trinajstić information content (AvgIpc) is 3.03. The van der Waals surface area contributed by atoms with E-state index in [-0.39, 0.29) is 18.1 Å². The lowest BCUT2D eigenvalue weighted by atomic mass is 9.92. The first-order chi connectivity index (χ1) is 15.2. The molecule has 0 radical (unpaired) electrons. The van der Waals surface area contributed by atoms with Crippen LogP contribution in [0.15, 0.2) is 24.4 Å². The van der Waals surface area contributed by atoms with Crippen LogP contribution in [0.2, 0.25) is 0 Å². The second-order valence-corrected chi connectivity index (χ2v) is 11.2. The van der Waals surface area contributed by atoms with Gasteiger partial charge >= 0.3 is 12.2 Å². The normalized spacial score (nSPS) is 15.1. The van der Waals surface area contributed by atoms with Crippen molar-refractivity contribution in [2.45, 2.75) is 85.9 Å². The molecule has 3 rings (SSSR count). The quantitative estimate of drug-likeness (QED) is 0.496. The van der Waals surface area contributed by atoms with Gasteiger partial charge in [0.05, 0.1) is 5.52 Å². The largest absolute Gasteiger partial charge is 0.444 e. The number of hydrogen-bond acceptors (Lipinski definition) is 4. The maximum absolute atomic E-state index is 12.9. The molecular formula is C27H38N2O4. The predicted molar refractivity (Wildman–Crippen MR) is 133 cm³/mol. The summed E-state index contributed by atoms with van der Waals surface area (Å²) in [6.07, 6.45) is 4.14. The van der Waals surface area contributed by atoms with E-state index in [2.05, 4.69) is 39.0 Å². The number of aromatic nitrogens is 1. The Kier molecular flexibility index (Phi) is 6.69. The van der Waals surface area contributed by atoms with Crippen molar-refractivity contribution in [2.24, 2.45) is 0 Å². The van der Waals surface area contributed by atoms with Crippen molar-refractivity contribution in [1.82, 2.24) is 9.47 Å². The second kappa shape index (κ2) is 8.88. The van der Waals surface area contributed by atoms with Crippen LogP contribution in [0, 0.1) is 6.92 Å². The van der Waals surface area contributed by atoms with Gasteiger partial charge in [0.15, 0.2) is 0 Å². The molecule has 2 heterocycles. The molecule has 0 fully saturated rings. The smallest absolute Gasteiger partial charge is 0.419 e. The zero-order valence-corrected chi connectivity index (χ0v) is 21.5. The molecule has 6 heteroatoms. The molecule has 0 unspecified atom stereocenters. The molecule has 0 spiro atoms. The fourth-order valence-electron chi connectivity index (χ4n) is 4.08. The molecular weight excluding hydrogens is 416 g/mol. The highest BCUT2D eigenvalue weighted by molar-refractivity contribution is 5.95. The predicted octanol–water partition coefficient (Wildman–Crippen LogP) is 6.88. The van der Waals surface area contributed by atoms with E-state index in [1.807, 2.05) is 47.7 Å². The highest BCUT2D eigenvalue weighted by atomic mass is 16.6. The van der Waals surface area contributed by atoms with Crippen LogP contribution in [0.25, 0.3) is 16.5 Å². The topological polar surface area (TPSA) is 60.8 Å². The molecule has 6 nitrogen and oxygen atoms in total. The molecule has 0 saturated heterocycles. The Hall–Kier alpha value is -2.76. The summed E-state index contributed by atoms with van der Waals surface area (Å²) >= 11 is 0. The average molecular weight is 455 g/mol. The highest BCUT2D eigenvalue weighted by Crippen LogP contribution is 2.34. The standard InChI is InChI=1S/C27H38N2O4/c1-17(2)22-16-29(25(31)33-27(7,8)9)23-14-18(3)20(15-21(22)23)19-10-12-28(13-11-19)24(30)32-26(4,5)6/h10,14-17H,11-13H2,1-9H3. The number of amides is 1. The molecule has 0 aliphatic carbocycles. The van der Waals surface area contributed by atoms with Crippen LogP contribution in [-0.2, 0) is 9.47 Å². The summed E-state index contributed by atoms with van der Waals surface area (Å²) in [5.41, 5.74) is 4.39. The summed E-state index contributed by atoms with van der Waals surface area (Å²) in [4.78, 5) is 27.0. The number of carbonyl (C=O) groups is 2. The van der Waals surface area contributed by atoms with Gasteiger partial charge in [0.2, 0.25) is 0 Å². The third-order valence-electron chi connectivity index (χ3n) is 5.60. The van der Waals surface area contributed by atoms with Gasteiger partial charge in [0.1, 0.15) is 11.2 Å². The van der Waals surface area contributed by atoms with E-state index in [4.69, 9.17) is 9.47 Å². The number of hydrogen-bond donors (Lipinski definition) is 0. The van der Waals surface area contributed by atoms with E-state index >= 15 is 0 Å². The molecule has 0 N–H and O–H groups in total. The lowest BCUT2D eigenvalue weighted by molar-refractivity contribution is 0.0270. The van der Waals surface area contributed by atoms with Crippen LogP contribution in [0.3, 0.4) is 0 Å². The van der Waals surface area contributed by atoms with Crippen molar-refractivity contribution in [1.29, 1.82) is 0 Å². The first kappa shape index (κ1) is 24.9. The first-order valence-corrected chi connectivity index (χ1v) is 11.7. The van der Waals surface area contributed by atoms with E-state index < -0.39 is 11.2 Å². The van der Waals surface area contributed by atoms with Crippen molar-refractivity contribution in [3.05, 3.63) is 41.1 Å². The van der Waals surface area contributed by atoms with E-state index in [0.29, 0.717) is 13.1 Å². The van der Waals surface area contributed by atoms with Gasteiger partial charge < -0.3 is 14.4 Å². The SMILES string of the molecule is Cc1cc2c(cc1C1=CCN(C(=O)OC(C)(C)C)CC1)c(C(C)C)cn2C(=O)OC(C)(C)C. The van der Waals surface area contributed by atoms with E-state index in [1.54, 1.807) is 9.47 Å². The van der Waals surface area contributed by atoms with E-state index in [9.17, 15) is 9.59 Å². The first-order valence-electron chi connectivity index (χ1n) is 11.7. The fourth-order valence-corrected chi connectivity index (χ4v) is 4.08. The molecule has 0 bridgehead atoms. The molecule has 33 heavy (non-hydrogen) atoms. The minimum Gasteiger partial charge on any atom is -0.444 e. The Bertz CT molecular complexity index is 1090. The Labute approximate surface area is 197 Å². The Balaban J connectivity index is 1.96. The lowest BCUT2D eigenvalue weighted by Crippen LogP contribution is -2.39. The van der Waals surface area contributed by atoms with Crippen LogP contribution in [-0.4, -0.2) is 45.9 Å². The molecule has 0 saturated carbocycles. The van der Waals surface area contributed by atoms with E-state index in [1.165, 1.54) is 5.57 Å². The summed E-state index contributed by atoms with van der Waals surface area (Å²) in [5, 5.41) is 1.06. The van der Waals surface area contributed by atoms with Gasteiger partial charge in [-0.3, -0.25) is 4.57 Å². The van der Waals surface area contributed by atoms with E-state index in [0.717, 1.165) is 34.0 Å². The lowest BCUT2D eigenvalue weighted by Gasteiger charge is -2.30. The van der Waals surface area contributed by atoms with Crippen molar-refractivity contribution < 1.29 is 19.1 Å². The van der Waals surface area contributed by atoms with Gasteiger partial charge in [-0.1, -0.05) is 19.9 Å². The summed E-state index contributed by atoms with van der Waals surface area (Å²) in [6, 6.07) is 4.26. The second-order valence-electron chi connectivity index (χ2n) is 11.2. The maximum Gasteiger partial charge on any atom is 0.419 e. The van der Waals surface area contributed by atoms with Crippen molar-refractivity contribution in [3.63, 3.8) is 0 Å². The molecule has 2 aromatic rings. The van der Waals surface area contributed by atoms with Crippen LogP contribution in [0.4, 0.5) is 9.59 Å². The van der Waals surface area contributed by atoms with Crippen molar-refractivity contribution in [3.8, 4) is 0 Å². The number of fused-ring (bicyclic) bond motifs is 1. The molecule has 1 aromatic carbocycles. The minimum atomic E-state index is -0.562. The van der Waals surface area contributed by atoms with Crippen LogP contribution >= 0.6 is 0 Å². The third-order valence-corrected chi connectivity index (χ3v) is 5.60. The zero-order valence-electron chi connectivity index (χ0n) is 21.5. The highest BCUT2D eigenvalue weighted by Gasteiger charge is 2.26. The van der Waals surface area contributed by atoms with Crippen LogP contribution in [0.1, 0.15) is 84.4 Å². The van der Waals surface area contributed by atoms with Crippen molar-refractivity contribution >= 4 is 28.7 Å². The zero-order chi connectivity index (χ0) is 24.7. The summed E-state index contributed by atoms with van der Waals surface area (Å²) < 4.78 is 12.8. The molecule has 1 aliphatic heterocycles. The third kappa shape index (κ3) is 5.79. The van der Waals surface area contributed by atoms with Gasteiger partial charge in [-0.2, -0.15) is 0 Å². The molecule has 1 amide bonds. The van der Waals surface area contributed by atoms with Crippen LogP contribution < -0.4 is 0 Å². The monoisotopic (exact) mass is 454 g/mol. The number of benzene rings is 1. The summed E-state index contributed by atoms with van der Waals surface area (Å²) in [5.74, 6) is 0.259. The van der Waals surface area contributed by atoms with Gasteiger partial charge in [-0.25, -0.2) is 9.59 Å². The Morgan fingerprint density at radius 3 is 2.09 bits per heavy atom. The van der Waals surface area contributed by atoms with Gasteiger partial charge in [-0.05, 0) is 95.2 Å². The summed E-state index contributed by atoms with van der Waals surface area (Å²) in [7, 11) is 0. The number of rotatable bonds is 2. The Morgan fingerprint density at radius 2 is 1.58 bits per heavy atom. The molecule has 1 aromatic heterocycles. The van der Waals surface area contributed by atoms with Crippen molar-refractivity contribution in [2.75, 3.05) is 13.1 Å². The molecule has 1 aliphatic rings. The minimum absolute atomic E-state index is 0.259. The number of ether oxygens (including phenoxy) is 2. The summed E-state index contributed by atoms with van der Waals surface area (Å²) in [6.45, 7) is 18.7. The van der Waals surface area contributed by atoms with Crippen LogP contribution in [0.5, 0.6) is 0 Å². The fraction of sp³-hybridized carbons (Fsp3) is 0.556. The molecule has 180 valence electrons. The molecule has 0 atom stereocenters. The van der Waals surface area contributed by atoms with Gasteiger partial charge in [0, 0.05) is 24.7 Å². The van der Waals surface area contributed by atoms with Gasteiger partial charge in [-0.15, -0.1) is 0 Å². The number of aryl methyl sites for hydroxylation is 1. The maximum atomic E-state index is 12.9. The van der Waals surface area contributed by atoms with Gasteiger partial charge in [0.25, 0.3) is 0 Å².